The van der Waals surface area contributed by atoms with Gasteiger partial charge in [-0.25, -0.2) is 9.78 Å². The van der Waals surface area contributed by atoms with Crippen molar-refractivity contribution in [3.05, 3.63) is 63.6 Å². The zero-order valence-electron chi connectivity index (χ0n) is 13.7. The fraction of sp³-hybridized carbons (Fsp3) is 0.188. The smallest absolute Gasteiger partial charge is 0.338 e. The molecule has 2 aromatic rings. The zero-order valence-corrected chi connectivity index (χ0v) is 13.7. The van der Waals surface area contributed by atoms with Crippen LogP contribution in [-0.4, -0.2) is 38.5 Å². The molecule has 0 fully saturated rings. The Labute approximate surface area is 147 Å². The molecule has 3 rings (SSSR count). The summed E-state index contributed by atoms with van der Waals surface area (Å²) in [5.41, 5.74) is 0.729. The molecule has 1 aliphatic heterocycles. The quantitative estimate of drug-likeness (QED) is 0.275. The highest BCUT2D eigenvalue weighted by Gasteiger charge is 2.34. The van der Waals surface area contributed by atoms with Crippen molar-refractivity contribution in [3.8, 4) is 0 Å². The number of ether oxygens (including phenoxy) is 1. The summed E-state index contributed by atoms with van der Waals surface area (Å²) in [5, 5.41) is 26.0. The number of nitrogens with one attached hydrogen (secondary N) is 1. The van der Waals surface area contributed by atoms with Gasteiger partial charge in [-0.3, -0.25) is 10.1 Å². The van der Waals surface area contributed by atoms with E-state index < -0.39 is 16.9 Å². The maximum absolute atomic E-state index is 12.6. The van der Waals surface area contributed by atoms with Crippen LogP contribution in [0.2, 0.25) is 0 Å². The van der Waals surface area contributed by atoms with Gasteiger partial charge in [0.1, 0.15) is 0 Å². The minimum absolute atomic E-state index is 0.108. The molecule has 10 heteroatoms. The van der Waals surface area contributed by atoms with Gasteiger partial charge in [-0.2, -0.15) is 0 Å². The van der Waals surface area contributed by atoms with Gasteiger partial charge in [0.15, 0.2) is 0 Å². The summed E-state index contributed by atoms with van der Waals surface area (Å²) in [7, 11) is 0. The van der Waals surface area contributed by atoms with Crippen molar-refractivity contribution in [2.45, 2.75) is 13.0 Å². The average Bonchev–Trinajstić information content (AvgIpc) is 3.09. The predicted molar refractivity (Wildman–Crippen MR) is 91.0 cm³/mol. The van der Waals surface area contributed by atoms with E-state index in [2.05, 4.69) is 15.5 Å². The number of carbonyl (C=O) groups excluding carboxylic acids is 1. The van der Waals surface area contributed by atoms with E-state index in [-0.39, 0.29) is 23.6 Å². The van der Waals surface area contributed by atoms with Gasteiger partial charge in [-0.05, 0) is 12.5 Å². The number of carbonyl (C=O) groups is 1. The normalized spacial score (nSPS) is 16.3. The molecule has 0 amide bonds. The molecule has 1 aliphatic rings. The Hall–Kier alpha value is -3.69. The summed E-state index contributed by atoms with van der Waals surface area (Å²) in [5.74, 6) is -0.241. The number of allylic oxidation sites excluding steroid dienone is 1. The van der Waals surface area contributed by atoms with Crippen LogP contribution in [-0.2, 0) is 9.53 Å². The van der Waals surface area contributed by atoms with E-state index in [0.717, 1.165) is 6.21 Å². The van der Waals surface area contributed by atoms with Crippen LogP contribution in [0.4, 0.5) is 11.6 Å². The Morgan fingerprint density at radius 3 is 3.08 bits per heavy atom. The second-order valence-electron chi connectivity index (χ2n) is 5.33. The molecular weight excluding hydrogens is 342 g/mol. The molecule has 10 nitrogen and oxygen atoms in total. The van der Waals surface area contributed by atoms with Crippen molar-refractivity contribution >= 4 is 23.8 Å². The first kappa shape index (κ1) is 17.1. The number of imidazole rings is 1. The molecule has 2 heterocycles. The number of nitro benzene ring substituents is 1. The van der Waals surface area contributed by atoms with Crippen LogP contribution >= 0.6 is 0 Å². The Balaban J connectivity index is 2.22. The maximum Gasteiger partial charge on any atom is 0.338 e. The number of oxime groups is 1. The second-order valence-corrected chi connectivity index (χ2v) is 5.33. The lowest BCUT2D eigenvalue weighted by Gasteiger charge is -2.29. The first-order valence-electron chi connectivity index (χ1n) is 7.69. The number of fused-ring (bicyclic) bond motifs is 1. The number of nitrogens with zero attached hydrogens (tertiary/aromatic N) is 4. The van der Waals surface area contributed by atoms with Gasteiger partial charge in [-0.1, -0.05) is 17.3 Å². The topological polar surface area (TPSA) is 132 Å². The van der Waals surface area contributed by atoms with Gasteiger partial charge in [0.25, 0.3) is 5.69 Å². The SMILES string of the molecule is CCOC(=O)C1=C(/C=N\O)Nc2nccn2C1c1cccc([N+](=O)[O-])c1. The fourth-order valence-corrected chi connectivity index (χ4v) is 2.82. The molecule has 0 saturated carbocycles. The van der Waals surface area contributed by atoms with Crippen LogP contribution in [0, 0.1) is 10.1 Å². The average molecular weight is 357 g/mol. The number of aromatic nitrogens is 2. The summed E-state index contributed by atoms with van der Waals surface area (Å²) in [6.07, 6.45) is 4.22. The lowest BCUT2D eigenvalue weighted by atomic mass is 9.95. The molecule has 0 spiro atoms. The number of nitro groups is 1. The Kier molecular flexibility index (Phi) is 4.65. The molecule has 1 aromatic heterocycles. The minimum atomic E-state index is -0.735. The molecule has 0 aliphatic carbocycles. The monoisotopic (exact) mass is 357 g/mol. The number of esters is 1. The lowest BCUT2D eigenvalue weighted by Crippen LogP contribution is -2.30. The van der Waals surface area contributed by atoms with Crippen LogP contribution < -0.4 is 5.32 Å². The third kappa shape index (κ3) is 2.99. The number of rotatable bonds is 5. The van der Waals surface area contributed by atoms with E-state index in [1.807, 2.05) is 0 Å². The van der Waals surface area contributed by atoms with Crippen molar-refractivity contribution in [2.75, 3.05) is 11.9 Å². The first-order chi connectivity index (χ1) is 12.6. The van der Waals surface area contributed by atoms with Crippen molar-refractivity contribution in [1.82, 2.24) is 9.55 Å². The van der Waals surface area contributed by atoms with E-state index >= 15 is 0 Å². The summed E-state index contributed by atoms with van der Waals surface area (Å²) in [6, 6.07) is 5.21. The highest BCUT2D eigenvalue weighted by atomic mass is 16.6. The van der Waals surface area contributed by atoms with Crippen LogP contribution in [0.25, 0.3) is 0 Å². The van der Waals surface area contributed by atoms with E-state index in [4.69, 9.17) is 9.94 Å². The molecular formula is C16H15N5O5. The van der Waals surface area contributed by atoms with Crippen molar-refractivity contribution in [3.63, 3.8) is 0 Å². The summed E-state index contributed by atoms with van der Waals surface area (Å²) in [4.78, 5) is 27.4. The molecule has 2 N–H and O–H groups in total. The molecule has 1 unspecified atom stereocenters. The van der Waals surface area contributed by atoms with Gasteiger partial charge >= 0.3 is 5.97 Å². The van der Waals surface area contributed by atoms with Crippen LogP contribution in [0.3, 0.4) is 0 Å². The van der Waals surface area contributed by atoms with Gasteiger partial charge < -0.3 is 19.8 Å². The van der Waals surface area contributed by atoms with Crippen LogP contribution in [0.15, 0.2) is 53.1 Å². The molecule has 1 aromatic carbocycles. The predicted octanol–water partition coefficient (Wildman–Crippen LogP) is 2.08. The lowest BCUT2D eigenvalue weighted by molar-refractivity contribution is -0.384. The summed E-state index contributed by atoms with van der Waals surface area (Å²) < 4.78 is 6.78. The van der Waals surface area contributed by atoms with E-state index in [1.165, 1.54) is 24.4 Å². The van der Waals surface area contributed by atoms with E-state index in [0.29, 0.717) is 11.5 Å². The molecule has 1 atom stereocenters. The highest BCUT2D eigenvalue weighted by molar-refractivity contribution is 6.00. The van der Waals surface area contributed by atoms with Crippen LogP contribution in [0.5, 0.6) is 0 Å². The van der Waals surface area contributed by atoms with E-state index in [1.54, 1.807) is 23.8 Å². The van der Waals surface area contributed by atoms with Gasteiger partial charge in [0, 0.05) is 24.5 Å². The number of benzene rings is 1. The zero-order chi connectivity index (χ0) is 18.7. The summed E-state index contributed by atoms with van der Waals surface area (Å²) in [6.45, 7) is 1.81. The van der Waals surface area contributed by atoms with Gasteiger partial charge in [0.05, 0.1) is 35.1 Å². The number of non-ortho nitro benzene ring substituents is 1. The highest BCUT2D eigenvalue weighted by Crippen LogP contribution is 2.36. The first-order valence-corrected chi connectivity index (χ1v) is 7.69. The van der Waals surface area contributed by atoms with Crippen LogP contribution in [0.1, 0.15) is 18.5 Å². The number of hydrogen-bond donors (Lipinski definition) is 2. The minimum Gasteiger partial charge on any atom is -0.463 e. The van der Waals surface area contributed by atoms with Crippen molar-refractivity contribution in [2.24, 2.45) is 5.16 Å². The number of anilines is 1. The third-order valence-corrected chi connectivity index (χ3v) is 3.84. The molecule has 134 valence electrons. The summed E-state index contributed by atoms with van der Waals surface area (Å²) >= 11 is 0. The largest absolute Gasteiger partial charge is 0.463 e. The number of hydrogen-bond acceptors (Lipinski definition) is 8. The Bertz CT molecular complexity index is 917. The van der Waals surface area contributed by atoms with E-state index in [9.17, 15) is 14.9 Å². The third-order valence-electron chi connectivity index (χ3n) is 3.84. The molecule has 0 radical (unpaired) electrons. The fourth-order valence-electron chi connectivity index (χ4n) is 2.82. The Morgan fingerprint density at radius 1 is 1.58 bits per heavy atom. The van der Waals surface area contributed by atoms with Gasteiger partial charge in [0.2, 0.25) is 5.95 Å². The molecule has 0 bridgehead atoms. The van der Waals surface area contributed by atoms with Gasteiger partial charge in [-0.15, -0.1) is 0 Å². The van der Waals surface area contributed by atoms with Crippen molar-refractivity contribution in [1.29, 1.82) is 0 Å². The standard InChI is InChI=1S/C16H15N5O5/c1-2-26-15(22)13-12(9-18-23)19-16-17-6-7-20(16)14(13)10-4-3-5-11(8-10)21(24)25/h3-9,14,23H,2H2,1H3,(H,17,19)/b18-9-. The molecule has 0 saturated heterocycles. The maximum atomic E-state index is 12.6. The van der Waals surface area contributed by atoms with Crippen molar-refractivity contribution < 1.29 is 19.7 Å². The second kappa shape index (κ2) is 7.05. The Morgan fingerprint density at radius 2 is 2.38 bits per heavy atom. The molecule has 26 heavy (non-hydrogen) atoms.